The lowest BCUT2D eigenvalue weighted by atomic mass is 10.0. The van der Waals surface area contributed by atoms with E-state index in [0.717, 1.165) is 54.0 Å². The minimum atomic E-state index is -0.238. The smallest absolute Gasteiger partial charge is 0.268 e. The van der Waals surface area contributed by atoms with Gasteiger partial charge < -0.3 is 14.4 Å². The highest BCUT2D eigenvalue weighted by Crippen LogP contribution is 2.31. The lowest BCUT2D eigenvalue weighted by Crippen LogP contribution is -2.27. The predicted octanol–water partition coefficient (Wildman–Crippen LogP) is 5.97. The monoisotopic (exact) mass is 584 g/mol. The molecule has 3 amide bonds. The van der Waals surface area contributed by atoms with Gasteiger partial charge in [0.1, 0.15) is 0 Å². The molecule has 0 spiro atoms. The van der Waals surface area contributed by atoms with Crippen molar-refractivity contribution in [3.63, 3.8) is 0 Å². The van der Waals surface area contributed by atoms with Crippen molar-refractivity contribution in [1.29, 1.82) is 0 Å². The molecule has 3 aromatic heterocycles. The maximum atomic E-state index is 13.4. The lowest BCUT2D eigenvalue weighted by molar-refractivity contribution is -0.127. The van der Waals surface area contributed by atoms with Crippen LogP contribution in [0.5, 0.6) is 0 Å². The van der Waals surface area contributed by atoms with Crippen LogP contribution in [0.4, 0.5) is 11.6 Å². The summed E-state index contributed by atoms with van der Waals surface area (Å²) in [5.41, 5.74) is 3.19. The number of pyridine rings is 1. The number of nitrogens with one attached hydrogen (secondary N) is 1. The maximum absolute atomic E-state index is 13.4. The summed E-state index contributed by atoms with van der Waals surface area (Å²) in [4.78, 5) is 52.8. The molecule has 6 rings (SSSR count). The second-order valence-corrected chi connectivity index (χ2v) is 12.3. The van der Waals surface area contributed by atoms with E-state index in [1.807, 2.05) is 59.0 Å². The topological polar surface area (TPSA) is 100 Å². The molecule has 1 saturated heterocycles. The van der Waals surface area contributed by atoms with E-state index in [1.54, 1.807) is 17.2 Å². The molecule has 4 aromatic rings. The lowest BCUT2D eigenvalue weighted by Gasteiger charge is -2.19. The first-order valence-electron chi connectivity index (χ1n) is 14.8. The van der Waals surface area contributed by atoms with Crippen LogP contribution in [0.3, 0.4) is 0 Å². The average Bonchev–Trinajstić information content (AvgIpc) is 3.82. The number of anilines is 2. The number of aromatic nitrogens is 3. The number of fused-ring (bicyclic) bond motifs is 1. The Balaban J connectivity index is 1.24. The number of thiophene rings is 1. The van der Waals surface area contributed by atoms with Crippen molar-refractivity contribution in [3.05, 3.63) is 59.6 Å². The number of rotatable bonds is 10. The van der Waals surface area contributed by atoms with Gasteiger partial charge in [0.05, 0.1) is 26.5 Å². The molecule has 2 aliphatic rings. The van der Waals surface area contributed by atoms with Crippen LogP contribution in [-0.2, 0) is 16.1 Å². The number of aryl methyl sites for hydroxylation is 1. The molecule has 2 fully saturated rings. The molecule has 0 bridgehead atoms. The molecule has 1 N–H and O–H groups in total. The number of nitrogens with zero attached hydrogens (tertiary/aromatic N) is 5. The van der Waals surface area contributed by atoms with E-state index in [1.165, 1.54) is 24.2 Å². The number of benzene rings is 1. The van der Waals surface area contributed by atoms with Crippen LogP contribution in [0.25, 0.3) is 21.6 Å². The van der Waals surface area contributed by atoms with Gasteiger partial charge in [0.2, 0.25) is 17.8 Å². The summed E-state index contributed by atoms with van der Waals surface area (Å²) in [6, 6.07) is 15.3. The van der Waals surface area contributed by atoms with Crippen LogP contribution >= 0.6 is 11.3 Å². The number of carbonyl (C=O) groups excluding carboxylic acids is 3. The van der Waals surface area contributed by atoms with E-state index in [4.69, 9.17) is 4.98 Å². The van der Waals surface area contributed by atoms with Gasteiger partial charge in [0.25, 0.3) is 5.91 Å². The van der Waals surface area contributed by atoms with Crippen molar-refractivity contribution in [2.75, 3.05) is 30.4 Å². The summed E-state index contributed by atoms with van der Waals surface area (Å²) in [6.45, 7) is 2.06. The van der Waals surface area contributed by atoms with Gasteiger partial charge in [-0.1, -0.05) is 18.9 Å². The fourth-order valence-corrected chi connectivity index (χ4v) is 6.90. The van der Waals surface area contributed by atoms with Gasteiger partial charge in [-0.2, -0.15) is 0 Å². The molecule has 0 unspecified atom stereocenters. The highest BCUT2D eigenvalue weighted by molar-refractivity contribution is 7.17. The van der Waals surface area contributed by atoms with Crippen LogP contribution in [0.15, 0.2) is 54.7 Å². The summed E-state index contributed by atoms with van der Waals surface area (Å²) in [6.07, 6.45) is 9.25. The molecular weight excluding hydrogens is 548 g/mol. The number of likely N-dealkylation sites (tertiary alicyclic amines) is 1. The molecule has 10 heteroatoms. The second-order valence-electron chi connectivity index (χ2n) is 11.2. The Bertz CT molecular complexity index is 1590. The van der Waals surface area contributed by atoms with E-state index in [9.17, 15) is 14.4 Å². The first-order valence-corrected chi connectivity index (χ1v) is 15.6. The van der Waals surface area contributed by atoms with Crippen LogP contribution in [0, 0.1) is 5.92 Å². The Morgan fingerprint density at radius 1 is 1.07 bits per heavy atom. The maximum Gasteiger partial charge on any atom is 0.268 e. The summed E-state index contributed by atoms with van der Waals surface area (Å²) < 4.78 is 2.01. The summed E-state index contributed by atoms with van der Waals surface area (Å²) in [5, 5.41) is 3.03. The summed E-state index contributed by atoms with van der Waals surface area (Å²) in [7, 11) is 1.82. The van der Waals surface area contributed by atoms with Gasteiger partial charge in [-0.3, -0.25) is 24.7 Å². The molecule has 1 aliphatic carbocycles. The zero-order valence-corrected chi connectivity index (χ0v) is 24.7. The minimum Gasteiger partial charge on any atom is -0.343 e. The van der Waals surface area contributed by atoms with E-state index in [0.29, 0.717) is 48.2 Å². The molecule has 4 heterocycles. The van der Waals surface area contributed by atoms with Crippen LogP contribution in [-0.4, -0.2) is 57.3 Å². The van der Waals surface area contributed by atoms with Crippen molar-refractivity contribution in [2.24, 2.45) is 5.92 Å². The minimum absolute atomic E-state index is 0.117. The molecular formula is C32H36N6O3S. The largest absolute Gasteiger partial charge is 0.343 e. The highest BCUT2D eigenvalue weighted by atomic mass is 32.1. The Hall–Kier alpha value is -4.05. The number of hydrogen-bond acceptors (Lipinski definition) is 6. The zero-order chi connectivity index (χ0) is 29.1. The second kappa shape index (κ2) is 12.4. The van der Waals surface area contributed by atoms with E-state index in [-0.39, 0.29) is 17.7 Å². The van der Waals surface area contributed by atoms with Crippen molar-refractivity contribution in [3.8, 4) is 10.6 Å². The predicted molar refractivity (Wildman–Crippen MR) is 166 cm³/mol. The van der Waals surface area contributed by atoms with Gasteiger partial charge in [-0.05, 0) is 74.1 Å². The highest BCUT2D eigenvalue weighted by Gasteiger charge is 2.23. The van der Waals surface area contributed by atoms with Gasteiger partial charge in [0.15, 0.2) is 0 Å². The fraction of sp³-hybridized carbons (Fsp3) is 0.406. The molecule has 1 aromatic carbocycles. The first-order chi connectivity index (χ1) is 20.5. The van der Waals surface area contributed by atoms with E-state index >= 15 is 0 Å². The number of imidazole rings is 1. The Labute approximate surface area is 249 Å². The van der Waals surface area contributed by atoms with Crippen molar-refractivity contribution in [2.45, 2.75) is 57.9 Å². The fourth-order valence-electron chi connectivity index (χ4n) is 6.02. The van der Waals surface area contributed by atoms with Crippen LogP contribution in [0.1, 0.15) is 61.0 Å². The third-order valence-electron chi connectivity index (χ3n) is 8.38. The van der Waals surface area contributed by atoms with Crippen molar-refractivity contribution >= 4 is 51.7 Å². The molecule has 9 nitrogen and oxygen atoms in total. The van der Waals surface area contributed by atoms with Crippen molar-refractivity contribution in [1.82, 2.24) is 19.4 Å². The third-order valence-corrected chi connectivity index (χ3v) is 9.49. The van der Waals surface area contributed by atoms with E-state index < -0.39 is 0 Å². The average molecular weight is 585 g/mol. The van der Waals surface area contributed by atoms with Gasteiger partial charge in [-0.15, -0.1) is 11.3 Å². The SMILES string of the molecule is CN(C(=O)CC1CCCC1)c1ccc2c(c1)nc(NC(=O)c1ccc(-c3ccccn3)s1)n2CCCN1CCCC1=O. The molecule has 1 saturated carbocycles. The number of carbonyl (C=O) groups is 3. The van der Waals surface area contributed by atoms with Gasteiger partial charge in [0, 0.05) is 51.4 Å². The standard InChI is InChI=1S/C32H36N6O3S/c1-36(30(40)20-22-8-2-3-9-22)23-12-13-26-25(21-23)34-32(38(26)19-7-18-37-17-6-11-29(37)39)35-31(41)28-15-14-27(42-28)24-10-4-5-16-33-24/h4-5,10,12-16,21-22H,2-3,6-9,11,17-20H2,1H3,(H,34,35,41). The summed E-state index contributed by atoms with van der Waals surface area (Å²) in [5.74, 6) is 1.01. The molecule has 0 radical (unpaired) electrons. The zero-order valence-electron chi connectivity index (χ0n) is 23.9. The van der Waals surface area contributed by atoms with E-state index in [2.05, 4.69) is 10.3 Å². The van der Waals surface area contributed by atoms with Gasteiger partial charge in [-0.25, -0.2) is 4.98 Å². The molecule has 0 atom stereocenters. The Kier molecular flexibility index (Phi) is 8.32. The molecule has 1 aliphatic heterocycles. The Morgan fingerprint density at radius 3 is 2.69 bits per heavy atom. The van der Waals surface area contributed by atoms with Crippen LogP contribution < -0.4 is 10.2 Å². The Morgan fingerprint density at radius 2 is 1.93 bits per heavy atom. The van der Waals surface area contributed by atoms with Crippen LogP contribution in [0.2, 0.25) is 0 Å². The number of hydrogen-bond donors (Lipinski definition) is 1. The van der Waals surface area contributed by atoms with Crippen molar-refractivity contribution < 1.29 is 14.4 Å². The molecule has 218 valence electrons. The quantitative estimate of drug-likeness (QED) is 0.248. The van der Waals surface area contributed by atoms with Gasteiger partial charge >= 0.3 is 0 Å². The first kappa shape index (κ1) is 28.1. The number of amides is 3. The molecule has 42 heavy (non-hydrogen) atoms. The summed E-state index contributed by atoms with van der Waals surface area (Å²) >= 11 is 1.38. The third kappa shape index (κ3) is 6.09. The normalized spacial score (nSPS) is 15.5.